The Balaban J connectivity index is 0.000000626. The number of benzene rings is 1. The SMILES string of the molecule is CC(C)C(=O)O.COc1cc(C=O)ccc1OC(=O)C(C)C. The van der Waals surface area contributed by atoms with Crippen LogP contribution in [-0.4, -0.2) is 30.4 Å². The standard InChI is InChI=1S/C12H14O4.C4H8O2/c1-8(2)12(14)16-10-5-4-9(7-13)6-11(10)15-3;1-3(2)4(5)6/h4-8H,1-3H3;3H,1-2H3,(H,5,6). The number of hydrogen-bond donors (Lipinski definition) is 1. The summed E-state index contributed by atoms with van der Waals surface area (Å²) in [5.74, 6) is -0.821. The molecular weight excluding hydrogens is 288 g/mol. The highest BCUT2D eigenvalue weighted by molar-refractivity contribution is 5.78. The van der Waals surface area contributed by atoms with Gasteiger partial charge in [-0.25, -0.2) is 0 Å². The summed E-state index contributed by atoms with van der Waals surface area (Å²) in [5.41, 5.74) is 0.473. The highest BCUT2D eigenvalue weighted by Gasteiger charge is 2.13. The molecule has 0 unspecified atom stereocenters. The Bertz CT molecular complexity index is 519. The van der Waals surface area contributed by atoms with Crippen LogP contribution in [0.1, 0.15) is 38.1 Å². The van der Waals surface area contributed by atoms with Crippen molar-refractivity contribution in [2.45, 2.75) is 27.7 Å². The minimum atomic E-state index is -0.741. The first-order valence-corrected chi connectivity index (χ1v) is 6.80. The highest BCUT2D eigenvalue weighted by atomic mass is 16.6. The van der Waals surface area contributed by atoms with E-state index in [1.165, 1.54) is 13.2 Å². The molecule has 1 N–H and O–H groups in total. The fourth-order valence-corrected chi connectivity index (χ4v) is 1.07. The average molecular weight is 310 g/mol. The molecule has 0 aliphatic carbocycles. The van der Waals surface area contributed by atoms with Gasteiger partial charge >= 0.3 is 11.9 Å². The van der Waals surface area contributed by atoms with E-state index in [1.807, 2.05) is 0 Å². The van der Waals surface area contributed by atoms with E-state index in [-0.39, 0.29) is 17.8 Å². The van der Waals surface area contributed by atoms with E-state index in [1.54, 1.807) is 39.8 Å². The van der Waals surface area contributed by atoms with Crippen molar-refractivity contribution < 1.29 is 29.0 Å². The van der Waals surface area contributed by atoms with Crippen molar-refractivity contribution in [3.8, 4) is 11.5 Å². The van der Waals surface area contributed by atoms with Gasteiger partial charge in [0.05, 0.1) is 18.9 Å². The van der Waals surface area contributed by atoms with Crippen LogP contribution in [0.25, 0.3) is 0 Å². The number of hydrogen-bond acceptors (Lipinski definition) is 5. The second-order valence-corrected chi connectivity index (χ2v) is 5.10. The van der Waals surface area contributed by atoms with E-state index in [2.05, 4.69) is 0 Å². The predicted molar refractivity (Wildman–Crippen MR) is 81.3 cm³/mol. The number of rotatable bonds is 5. The number of methoxy groups -OCH3 is 1. The molecule has 0 spiro atoms. The number of esters is 1. The molecule has 0 aliphatic heterocycles. The van der Waals surface area contributed by atoms with Crippen molar-refractivity contribution in [1.82, 2.24) is 0 Å². The molecule has 0 saturated heterocycles. The molecule has 0 radical (unpaired) electrons. The van der Waals surface area contributed by atoms with Gasteiger partial charge in [-0.3, -0.25) is 14.4 Å². The summed E-state index contributed by atoms with van der Waals surface area (Å²) in [6.07, 6.45) is 0.705. The molecule has 0 heterocycles. The van der Waals surface area contributed by atoms with E-state index in [0.717, 1.165) is 0 Å². The highest BCUT2D eigenvalue weighted by Crippen LogP contribution is 2.28. The van der Waals surface area contributed by atoms with Crippen LogP contribution in [0, 0.1) is 11.8 Å². The molecule has 0 fully saturated rings. The monoisotopic (exact) mass is 310 g/mol. The topological polar surface area (TPSA) is 89.9 Å². The second kappa shape index (κ2) is 9.55. The zero-order valence-electron chi connectivity index (χ0n) is 13.5. The largest absolute Gasteiger partial charge is 0.493 e. The third kappa shape index (κ3) is 6.88. The molecule has 1 aromatic carbocycles. The molecule has 0 aliphatic rings. The lowest BCUT2D eigenvalue weighted by Crippen LogP contribution is -2.15. The summed E-state index contributed by atoms with van der Waals surface area (Å²) in [6.45, 7) is 6.77. The Labute approximate surface area is 130 Å². The number of aliphatic carboxylic acids is 1. The molecule has 22 heavy (non-hydrogen) atoms. The van der Waals surface area contributed by atoms with Crippen molar-refractivity contribution in [2.75, 3.05) is 7.11 Å². The van der Waals surface area contributed by atoms with Crippen LogP contribution in [0.5, 0.6) is 11.5 Å². The van der Waals surface area contributed by atoms with Crippen molar-refractivity contribution in [3.63, 3.8) is 0 Å². The normalized spacial score (nSPS) is 9.77. The maximum atomic E-state index is 11.4. The van der Waals surface area contributed by atoms with Crippen LogP contribution in [0.15, 0.2) is 18.2 Å². The van der Waals surface area contributed by atoms with Gasteiger partial charge in [-0.05, 0) is 18.2 Å². The summed E-state index contributed by atoms with van der Waals surface area (Å²) < 4.78 is 10.1. The lowest BCUT2D eigenvalue weighted by atomic mass is 10.2. The fraction of sp³-hybridized carbons (Fsp3) is 0.438. The van der Waals surface area contributed by atoms with E-state index in [4.69, 9.17) is 14.6 Å². The molecular formula is C16H22O6. The molecule has 6 heteroatoms. The third-order valence-electron chi connectivity index (χ3n) is 2.50. The summed E-state index contributed by atoms with van der Waals surface area (Å²) in [5, 5.41) is 7.99. The number of ether oxygens (including phenoxy) is 2. The Morgan fingerprint density at radius 3 is 2.00 bits per heavy atom. The van der Waals surface area contributed by atoms with Gasteiger partial charge < -0.3 is 14.6 Å². The number of aldehydes is 1. The summed E-state index contributed by atoms with van der Waals surface area (Å²) in [6, 6.07) is 4.64. The van der Waals surface area contributed by atoms with Crippen LogP contribution in [0.2, 0.25) is 0 Å². The van der Waals surface area contributed by atoms with Gasteiger partial charge in [0.1, 0.15) is 6.29 Å². The first-order valence-electron chi connectivity index (χ1n) is 6.80. The van der Waals surface area contributed by atoms with Gasteiger partial charge in [-0.15, -0.1) is 0 Å². The van der Waals surface area contributed by atoms with Gasteiger partial charge in [-0.2, -0.15) is 0 Å². The predicted octanol–water partition coefficient (Wildman–Crippen LogP) is 2.80. The second-order valence-electron chi connectivity index (χ2n) is 5.10. The van der Waals surface area contributed by atoms with Gasteiger partial charge in [0.25, 0.3) is 0 Å². The lowest BCUT2D eigenvalue weighted by Gasteiger charge is -2.10. The Morgan fingerprint density at radius 1 is 1.09 bits per heavy atom. The molecule has 0 atom stereocenters. The fourth-order valence-electron chi connectivity index (χ4n) is 1.07. The molecule has 122 valence electrons. The quantitative estimate of drug-likeness (QED) is 0.511. The minimum absolute atomic E-state index is 0.213. The smallest absolute Gasteiger partial charge is 0.313 e. The maximum Gasteiger partial charge on any atom is 0.313 e. The zero-order valence-corrected chi connectivity index (χ0v) is 13.5. The lowest BCUT2D eigenvalue weighted by molar-refractivity contribution is -0.140. The Morgan fingerprint density at radius 2 is 1.64 bits per heavy atom. The van der Waals surface area contributed by atoms with Gasteiger partial charge in [0.15, 0.2) is 11.5 Å². The molecule has 1 rings (SSSR count). The van der Waals surface area contributed by atoms with Gasteiger partial charge in [0, 0.05) is 5.56 Å². The summed E-state index contributed by atoms with van der Waals surface area (Å²) in [7, 11) is 1.45. The van der Waals surface area contributed by atoms with Crippen molar-refractivity contribution in [3.05, 3.63) is 23.8 Å². The minimum Gasteiger partial charge on any atom is -0.493 e. The van der Waals surface area contributed by atoms with Crippen LogP contribution < -0.4 is 9.47 Å². The first kappa shape index (κ1) is 19.6. The van der Waals surface area contributed by atoms with Gasteiger partial charge in [-0.1, -0.05) is 27.7 Å². The van der Waals surface area contributed by atoms with Crippen LogP contribution in [0.3, 0.4) is 0 Å². The molecule has 0 saturated carbocycles. The van der Waals surface area contributed by atoms with Gasteiger partial charge in [0.2, 0.25) is 0 Å². The maximum absolute atomic E-state index is 11.4. The van der Waals surface area contributed by atoms with E-state index in [9.17, 15) is 14.4 Å². The molecule has 1 aromatic rings. The molecule has 0 aromatic heterocycles. The average Bonchev–Trinajstić information content (AvgIpc) is 2.47. The number of carboxylic acids is 1. The van der Waals surface area contributed by atoms with E-state index >= 15 is 0 Å². The molecule has 6 nitrogen and oxygen atoms in total. The third-order valence-corrected chi connectivity index (χ3v) is 2.50. The first-order chi connectivity index (χ1) is 10.2. The van der Waals surface area contributed by atoms with Crippen molar-refractivity contribution in [1.29, 1.82) is 0 Å². The Hall–Kier alpha value is -2.37. The summed E-state index contributed by atoms with van der Waals surface area (Å²) >= 11 is 0. The van der Waals surface area contributed by atoms with Crippen molar-refractivity contribution in [2.24, 2.45) is 11.8 Å². The summed E-state index contributed by atoms with van der Waals surface area (Å²) in [4.78, 5) is 31.6. The number of carboxylic acid groups (broad SMARTS) is 1. The zero-order chi connectivity index (χ0) is 17.3. The number of carbonyl (C=O) groups excluding carboxylic acids is 2. The van der Waals surface area contributed by atoms with Crippen LogP contribution in [0.4, 0.5) is 0 Å². The van der Waals surface area contributed by atoms with Crippen molar-refractivity contribution >= 4 is 18.2 Å². The van der Waals surface area contributed by atoms with E-state index in [0.29, 0.717) is 23.3 Å². The van der Waals surface area contributed by atoms with E-state index < -0.39 is 5.97 Å². The number of carbonyl (C=O) groups is 3. The molecule has 0 amide bonds. The van der Waals surface area contributed by atoms with Crippen LogP contribution >= 0.6 is 0 Å². The van der Waals surface area contributed by atoms with Crippen LogP contribution in [-0.2, 0) is 9.59 Å². The Kier molecular flexibility index (Phi) is 8.52. The molecule has 0 bridgehead atoms.